The minimum atomic E-state index is -0.188. The summed E-state index contributed by atoms with van der Waals surface area (Å²) < 4.78 is 11.1. The van der Waals surface area contributed by atoms with Crippen molar-refractivity contribution in [3.63, 3.8) is 0 Å². The average Bonchev–Trinajstić information content (AvgIpc) is 3.36. The van der Waals surface area contributed by atoms with E-state index in [9.17, 15) is 4.79 Å². The van der Waals surface area contributed by atoms with Gasteiger partial charge in [0, 0.05) is 12.1 Å². The van der Waals surface area contributed by atoms with E-state index in [1.807, 2.05) is 48.2 Å². The van der Waals surface area contributed by atoms with Gasteiger partial charge in [0.05, 0.1) is 18.9 Å². The molecule has 1 aliphatic heterocycles. The van der Waals surface area contributed by atoms with Crippen molar-refractivity contribution >= 4 is 5.91 Å². The Kier molecular flexibility index (Phi) is 4.24. The summed E-state index contributed by atoms with van der Waals surface area (Å²) in [4.78, 5) is 14.8. The van der Waals surface area contributed by atoms with E-state index in [0.717, 1.165) is 29.0 Å². The lowest BCUT2D eigenvalue weighted by atomic mass is 9.98. The fourth-order valence-corrected chi connectivity index (χ4v) is 3.53. The molecule has 134 valence electrons. The van der Waals surface area contributed by atoms with Crippen LogP contribution < -0.4 is 4.74 Å². The molecule has 1 aliphatic rings. The van der Waals surface area contributed by atoms with Gasteiger partial charge in [0.1, 0.15) is 11.4 Å². The highest BCUT2D eigenvalue weighted by atomic mass is 16.5. The monoisotopic (exact) mass is 351 g/mol. The number of nitrogens with zero attached hydrogens (tertiary/aromatic N) is 2. The molecule has 0 radical (unpaired) electrons. The molecule has 1 aromatic carbocycles. The first-order valence-corrected chi connectivity index (χ1v) is 8.90. The fourth-order valence-electron chi connectivity index (χ4n) is 3.53. The SMILES string of the molecule is CCCN1C(=O)c2n[nH]c(-c3ccco3)c2[C@H]1c1ccc(OCC)cc1. The molecule has 6 heteroatoms. The van der Waals surface area contributed by atoms with Crippen molar-refractivity contribution in [1.82, 2.24) is 15.1 Å². The van der Waals surface area contributed by atoms with E-state index in [4.69, 9.17) is 9.15 Å². The molecule has 3 aromatic rings. The molecule has 0 bridgehead atoms. The number of hydrogen-bond donors (Lipinski definition) is 1. The van der Waals surface area contributed by atoms with E-state index < -0.39 is 0 Å². The van der Waals surface area contributed by atoms with Gasteiger partial charge in [0.2, 0.25) is 0 Å². The number of furan rings is 1. The molecule has 1 atom stereocenters. The van der Waals surface area contributed by atoms with Gasteiger partial charge in [-0.2, -0.15) is 5.10 Å². The largest absolute Gasteiger partial charge is 0.494 e. The van der Waals surface area contributed by atoms with Crippen LogP contribution in [-0.4, -0.2) is 34.2 Å². The third kappa shape index (κ3) is 2.58. The van der Waals surface area contributed by atoms with Crippen LogP contribution in [0.4, 0.5) is 0 Å². The Morgan fingerprint density at radius 1 is 1.23 bits per heavy atom. The Labute approximate surface area is 151 Å². The summed E-state index contributed by atoms with van der Waals surface area (Å²) in [6.45, 7) is 5.32. The number of hydrogen-bond acceptors (Lipinski definition) is 4. The number of aromatic nitrogens is 2. The predicted octanol–water partition coefficient (Wildman–Crippen LogP) is 4.02. The molecule has 1 amide bonds. The molecule has 3 heterocycles. The molecule has 0 saturated carbocycles. The van der Waals surface area contributed by atoms with Crippen LogP contribution in [0.2, 0.25) is 0 Å². The quantitative estimate of drug-likeness (QED) is 0.728. The number of benzene rings is 1. The van der Waals surface area contributed by atoms with Crippen molar-refractivity contribution in [2.45, 2.75) is 26.3 Å². The van der Waals surface area contributed by atoms with Gasteiger partial charge in [-0.3, -0.25) is 9.89 Å². The Balaban J connectivity index is 1.81. The van der Waals surface area contributed by atoms with E-state index in [-0.39, 0.29) is 11.9 Å². The highest BCUT2D eigenvalue weighted by molar-refractivity contribution is 5.99. The van der Waals surface area contributed by atoms with Crippen LogP contribution >= 0.6 is 0 Å². The first-order chi connectivity index (χ1) is 12.7. The molecule has 0 fully saturated rings. The van der Waals surface area contributed by atoms with Gasteiger partial charge in [-0.15, -0.1) is 0 Å². The van der Waals surface area contributed by atoms with Gasteiger partial charge in [-0.1, -0.05) is 19.1 Å². The van der Waals surface area contributed by atoms with Crippen LogP contribution in [0.3, 0.4) is 0 Å². The van der Waals surface area contributed by atoms with Crippen LogP contribution in [0.1, 0.15) is 47.9 Å². The van der Waals surface area contributed by atoms with Gasteiger partial charge in [-0.05, 0) is 43.2 Å². The summed E-state index contributed by atoms with van der Waals surface area (Å²) in [5.74, 6) is 1.46. The van der Waals surface area contributed by atoms with Crippen molar-refractivity contribution in [3.8, 4) is 17.2 Å². The third-order valence-electron chi connectivity index (χ3n) is 4.59. The third-order valence-corrected chi connectivity index (χ3v) is 4.59. The van der Waals surface area contributed by atoms with Gasteiger partial charge in [0.25, 0.3) is 5.91 Å². The number of carbonyl (C=O) groups is 1. The second-order valence-electron chi connectivity index (χ2n) is 6.24. The average molecular weight is 351 g/mol. The van der Waals surface area contributed by atoms with Gasteiger partial charge in [-0.25, -0.2) is 0 Å². The smallest absolute Gasteiger partial charge is 0.275 e. The number of aromatic amines is 1. The molecular formula is C20H21N3O3. The lowest BCUT2D eigenvalue weighted by molar-refractivity contribution is 0.0744. The van der Waals surface area contributed by atoms with Crippen molar-refractivity contribution in [2.24, 2.45) is 0 Å². The minimum absolute atomic E-state index is 0.0465. The fraction of sp³-hybridized carbons (Fsp3) is 0.300. The molecule has 6 nitrogen and oxygen atoms in total. The second-order valence-corrected chi connectivity index (χ2v) is 6.24. The van der Waals surface area contributed by atoms with Crippen molar-refractivity contribution in [1.29, 1.82) is 0 Å². The molecular weight excluding hydrogens is 330 g/mol. The molecule has 1 N–H and O–H groups in total. The van der Waals surface area contributed by atoms with E-state index in [1.54, 1.807) is 6.26 Å². The highest BCUT2D eigenvalue weighted by Crippen LogP contribution is 2.43. The lowest BCUT2D eigenvalue weighted by Crippen LogP contribution is -2.30. The highest BCUT2D eigenvalue weighted by Gasteiger charge is 2.42. The number of nitrogens with one attached hydrogen (secondary N) is 1. The van der Waals surface area contributed by atoms with Gasteiger partial charge < -0.3 is 14.1 Å². The number of ether oxygens (including phenoxy) is 1. The van der Waals surface area contributed by atoms with E-state index in [0.29, 0.717) is 24.6 Å². The van der Waals surface area contributed by atoms with Gasteiger partial charge in [0.15, 0.2) is 11.5 Å². The zero-order valence-corrected chi connectivity index (χ0v) is 14.9. The lowest BCUT2D eigenvalue weighted by Gasteiger charge is -2.26. The molecule has 0 unspecified atom stereocenters. The zero-order chi connectivity index (χ0) is 18.1. The van der Waals surface area contributed by atoms with E-state index in [2.05, 4.69) is 17.1 Å². The molecule has 0 aliphatic carbocycles. The van der Waals surface area contributed by atoms with Crippen molar-refractivity contribution < 1.29 is 13.9 Å². The Morgan fingerprint density at radius 3 is 2.69 bits per heavy atom. The predicted molar refractivity (Wildman–Crippen MR) is 97.1 cm³/mol. The number of fused-ring (bicyclic) bond motifs is 1. The number of carbonyl (C=O) groups excluding carboxylic acids is 1. The van der Waals surface area contributed by atoms with Crippen LogP contribution in [0, 0.1) is 0 Å². The summed E-state index contributed by atoms with van der Waals surface area (Å²) in [5.41, 5.74) is 3.14. The molecule has 0 saturated heterocycles. The maximum Gasteiger partial charge on any atom is 0.275 e. The van der Waals surface area contributed by atoms with Crippen LogP contribution in [0.25, 0.3) is 11.5 Å². The van der Waals surface area contributed by atoms with Crippen LogP contribution in [0.15, 0.2) is 47.1 Å². The number of rotatable bonds is 6. The van der Waals surface area contributed by atoms with E-state index in [1.165, 1.54) is 0 Å². The first kappa shape index (κ1) is 16.4. The summed E-state index contributed by atoms with van der Waals surface area (Å²) in [5, 5.41) is 7.28. The number of amides is 1. The second kappa shape index (κ2) is 6.71. The molecule has 0 spiro atoms. The topological polar surface area (TPSA) is 71.4 Å². The summed E-state index contributed by atoms with van der Waals surface area (Å²) >= 11 is 0. The Bertz CT molecular complexity index is 897. The van der Waals surface area contributed by atoms with E-state index >= 15 is 0 Å². The Hall–Kier alpha value is -3.02. The molecule has 4 rings (SSSR count). The van der Waals surface area contributed by atoms with Crippen molar-refractivity contribution in [2.75, 3.05) is 13.2 Å². The van der Waals surface area contributed by atoms with Crippen LogP contribution in [-0.2, 0) is 0 Å². The van der Waals surface area contributed by atoms with Crippen LogP contribution in [0.5, 0.6) is 5.75 Å². The standard InChI is InChI=1S/C20H21N3O3/c1-3-11-23-19(13-7-9-14(10-8-13)25-4-2)16-17(15-6-5-12-26-15)21-22-18(16)20(23)24/h5-10,12,19H,3-4,11H2,1-2H3,(H,21,22)/t19-/m1/s1. The first-order valence-electron chi connectivity index (χ1n) is 8.90. The maximum absolute atomic E-state index is 12.9. The summed E-state index contributed by atoms with van der Waals surface area (Å²) in [6.07, 6.45) is 2.50. The molecule has 2 aromatic heterocycles. The summed E-state index contributed by atoms with van der Waals surface area (Å²) in [6, 6.07) is 11.4. The normalized spacial score (nSPS) is 16.2. The van der Waals surface area contributed by atoms with Crippen molar-refractivity contribution in [3.05, 3.63) is 59.5 Å². The zero-order valence-electron chi connectivity index (χ0n) is 14.9. The summed E-state index contributed by atoms with van der Waals surface area (Å²) in [7, 11) is 0. The minimum Gasteiger partial charge on any atom is -0.494 e. The number of H-pyrrole nitrogens is 1. The van der Waals surface area contributed by atoms with Gasteiger partial charge >= 0.3 is 0 Å². The molecule has 26 heavy (non-hydrogen) atoms. The maximum atomic E-state index is 12.9. The Morgan fingerprint density at radius 2 is 2.04 bits per heavy atom.